The van der Waals surface area contributed by atoms with Gasteiger partial charge in [0.1, 0.15) is 5.75 Å². The van der Waals surface area contributed by atoms with Crippen LogP contribution in [0, 0.1) is 0 Å². The minimum absolute atomic E-state index is 0.511. The van der Waals surface area contributed by atoms with Crippen LogP contribution in [0.1, 0.15) is 0 Å². The largest absolute Gasteiger partial charge is 0.453 e. The van der Waals surface area contributed by atoms with Gasteiger partial charge in [-0.25, -0.2) is 0 Å². The first-order chi connectivity index (χ1) is 6.86. The molecule has 0 saturated heterocycles. The summed E-state index contributed by atoms with van der Waals surface area (Å²) in [4.78, 5) is 7.79. The number of nitrogens with zero attached hydrogens (tertiary/aromatic N) is 2. The van der Waals surface area contributed by atoms with Crippen molar-refractivity contribution in [1.82, 2.24) is 9.97 Å². The number of nitrogen functional groups attached to an aromatic ring is 1. The van der Waals surface area contributed by atoms with Crippen molar-refractivity contribution >= 4 is 5.69 Å². The third-order valence-corrected chi connectivity index (χ3v) is 1.67. The summed E-state index contributed by atoms with van der Waals surface area (Å²) in [6.07, 6.45) is 6.48. The van der Waals surface area contributed by atoms with Gasteiger partial charge in [-0.1, -0.05) is 0 Å². The molecule has 4 heteroatoms. The van der Waals surface area contributed by atoms with Crippen LogP contribution in [-0.2, 0) is 0 Å². The van der Waals surface area contributed by atoms with Crippen LogP contribution >= 0.6 is 0 Å². The van der Waals surface area contributed by atoms with Gasteiger partial charge in [0, 0.05) is 18.5 Å². The van der Waals surface area contributed by atoms with Gasteiger partial charge in [0.2, 0.25) is 0 Å². The van der Waals surface area contributed by atoms with Crippen LogP contribution in [0.3, 0.4) is 0 Å². The molecule has 0 spiro atoms. The fraction of sp³-hybridized carbons (Fsp3) is 0. The second kappa shape index (κ2) is 3.74. The normalized spacial score (nSPS) is 9.71. The Labute approximate surface area is 81.4 Å². The van der Waals surface area contributed by atoms with E-state index in [2.05, 4.69) is 9.97 Å². The van der Waals surface area contributed by atoms with Crippen molar-refractivity contribution in [2.75, 3.05) is 5.73 Å². The molecule has 2 heterocycles. The van der Waals surface area contributed by atoms with Crippen molar-refractivity contribution in [3.8, 4) is 11.5 Å². The molecule has 14 heavy (non-hydrogen) atoms. The van der Waals surface area contributed by atoms with Gasteiger partial charge >= 0.3 is 0 Å². The number of hydrogen-bond donors (Lipinski definition) is 1. The predicted octanol–water partition coefficient (Wildman–Crippen LogP) is 1.85. The average molecular weight is 187 g/mol. The van der Waals surface area contributed by atoms with Crippen LogP contribution in [0.15, 0.2) is 43.0 Å². The van der Waals surface area contributed by atoms with Gasteiger partial charge in [0.15, 0.2) is 5.75 Å². The topological polar surface area (TPSA) is 61.0 Å². The first-order valence-electron chi connectivity index (χ1n) is 4.13. The van der Waals surface area contributed by atoms with E-state index in [0.717, 1.165) is 0 Å². The summed E-state index contributed by atoms with van der Waals surface area (Å²) in [5, 5.41) is 0. The zero-order chi connectivity index (χ0) is 9.80. The maximum Gasteiger partial charge on any atom is 0.153 e. The van der Waals surface area contributed by atoms with E-state index < -0.39 is 0 Å². The lowest BCUT2D eigenvalue weighted by Crippen LogP contribution is -1.92. The van der Waals surface area contributed by atoms with E-state index >= 15 is 0 Å². The molecule has 70 valence electrons. The van der Waals surface area contributed by atoms with Gasteiger partial charge < -0.3 is 10.5 Å². The van der Waals surface area contributed by atoms with Gasteiger partial charge in [-0.15, -0.1) is 0 Å². The molecule has 0 aliphatic carbocycles. The van der Waals surface area contributed by atoms with Crippen molar-refractivity contribution < 1.29 is 4.74 Å². The highest BCUT2D eigenvalue weighted by atomic mass is 16.5. The number of ether oxygens (including phenoxy) is 1. The number of aromatic nitrogens is 2. The molecular weight excluding hydrogens is 178 g/mol. The summed E-state index contributed by atoms with van der Waals surface area (Å²) < 4.78 is 5.48. The molecule has 0 aromatic carbocycles. The van der Waals surface area contributed by atoms with E-state index in [-0.39, 0.29) is 0 Å². The second-order valence-corrected chi connectivity index (χ2v) is 2.70. The van der Waals surface area contributed by atoms with Gasteiger partial charge in [0.05, 0.1) is 18.1 Å². The number of pyridine rings is 2. The third kappa shape index (κ3) is 1.80. The predicted molar refractivity (Wildman–Crippen MR) is 53.0 cm³/mol. The average Bonchev–Trinajstić information content (AvgIpc) is 2.23. The third-order valence-electron chi connectivity index (χ3n) is 1.67. The van der Waals surface area contributed by atoms with Crippen LogP contribution < -0.4 is 10.5 Å². The summed E-state index contributed by atoms with van der Waals surface area (Å²) in [5.74, 6) is 1.25. The number of anilines is 1. The Morgan fingerprint density at radius 3 is 2.64 bits per heavy atom. The highest BCUT2D eigenvalue weighted by Crippen LogP contribution is 2.24. The molecule has 0 fully saturated rings. The Morgan fingerprint density at radius 2 is 1.93 bits per heavy atom. The molecule has 0 unspecified atom stereocenters. The minimum atomic E-state index is 0.511. The van der Waals surface area contributed by atoms with E-state index in [9.17, 15) is 0 Å². The molecule has 0 bridgehead atoms. The van der Waals surface area contributed by atoms with Crippen molar-refractivity contribution in [3.05, 3.63) is 43.0 Å². The van der Waals surface area contributed by atoms with E-state index in [1.54, 1.807) is 36.9 Å². The Balaban J connectivity index is 2.24. The molecular formula is C10H9N3O. The molecule has 4 nitrogen and oxygen atoms in total. The van der Waals surface area contributed by atoms with Crippen molar-refractivity contribution in [2.45, 2.75) is 0 Å². The SMILES string of the molecule is Nc1cnccc1Oc1cccnc1. The highest BCUT2D eigenvalue weighted by molar-refractivity contribution is 5.51. The first-order valence-corrected chi connectivity index (χ1v) is 4.13. The lowest BCUT2D eigenvalue weighted by atomic mass is 10.4. The van der Waals surface area contributed by atoms with Gasteiger partial charge in [0.25, 0.3) is 0 Å². The molecule has 0 amide bonds. The Hall–Kier alpha value is -2.10. The quantitative estimate of drug-likeness (QED) is 0.779. The van der Waals surface area contributed by atoms with Crippen molar-refractivity contribution in [2.24, 2.45) is 0 Å². The summed E-state index contributed by atoms with van der Waals surface area (Å²) in [6, 6.07) is 5.32. The summed E-state index contributed by atoms with van der Waals surface area (Å²) in [6.45, 7) is 0. The van der Waals surface area contributed by atoms with Gasteiger partial charge in [-0.3, -0.25) is 9.97 Å². The van der Waals surface area contributed by atoms with E-state index in [0.29, 0.717) is 17.2 Å². The zero-order valence-electron chi connectivity index (χ0n) is 7.42. The Bertz CT molecular complexity index is 417. The van der Waals surface area contributed by atoms with Crippen LogP contribution in [0.5, 0.6) is 11.5 Å². The highest BCUT2D eigenvalue weighted by Gasteiger charge is 2.00. The van der Waals surface area contributed by atoms with E-state index in [4.69, 9.17) is 10.5 Å². The minimum Gasteiger partial charge on any atom is -0.453 e. The Kier molecular flexibility index (Phi) is 2.27. The molecule has 0 saturated carbocycles. The van der Waals surface area contributed by atoms with Crippen molar-refractivity contribution in [1.29, 1.82) is 0 Å². The van der Waals surface area contributed by atoms with Gasteiger partial charge in [-0.2, -0.15) is 0 Å². The smallest absolute Gasteiger partial charge is 0.153 e. The molecule has 0 radical (unpaired) electrons. The van der Waals surface area contributed by atoms with E-state index in [1.165, 1.54) is 0 Å². The van der Waals surface area contributed by atoms with Crippen molar-refractivity contribution in [3.63, 3.8) is 0 Å². The maximum absolute atomic E-state index is 5.66. The monoisotopic (exact) mass is 187 g/mol. The molecule has 0 aliphatic heterocycles. The lowest BCUT2D eigenvalue weighted by molar-refractivity contribution is 0.482. The number of nitrogens with two attached hydrogens (primary N) is 1. The molecule has 2 rings (SSSR count). The number of rotatable bonds is 2. The fourth-order valence-electron chi connectivity index (χ4n) is 1.02. The number of hydrogen-bond acceptors (Lipinski definition) is 4. The fourth-order valence-corrected chi connectivity index (χ4v) is 1.02. The Morgan fingerprint density at radius 1 is 1.07 bits per heavy atom. The molecule has 2 aromatic rings. The maximum atomic E-state index is 5.66. The summed E-state index contributed by atoms with van der Waals surface area (Å²) in [5.41, 5.74) is 6.17. The second-order valence-electron chi connectivity index (χ2n) is 2.70. The summed E-state index contributed by atoms with van der Waals surface area (Å²) >= 11 is 0. The lowest BCUT2D eigenvalue weighted by Gasteiger charge is -2.06. The molecule has 2 N–H and O–H groups in total. The van der Waals surface area contributed by atoms with Crippen LogP contribution in [0.2, 0.25) is 0 Å². The summed E-state index contributed by atoms with van der Waals surface area (Å²) in [7, 11) is 0. The van der Waals surface area contributed by atoms with Crippen LogP contribution in [-0.4, -0.2) is 9.97 Å². The van der Waals surface area contributed by atoms with Crippen LogP contribution in [0.4, 0.5) is 5.69 Å². The van der Waals surface area contributed by atoms with Gasteiger partial charge in [-0.05, 0) is 12.1 Å². The molecule has 0 aliphatic rings. The standard InChI is InChI=1S/C10H9N3O/c11-9-7-13-5-3-10(9)14-8-2-1-4-12-6-8/h1-7H,11H2. The zero-order valence-corrected chi connectivity index (χ0v) is 7.42. The van der Waals surface area contributed by atoms with Crippen LogP contribution in [0.25, 0.3) is 0 Å². The van der Waals surface area contributed by atoms with E-state index in [1.807, 2.05) is 6.07 Å². The molecule has 2 aromatic heterocycles. The molecule has 0 atom stereocenters. The first kappa shape index (κ1) is 8.50.